The third kappa shape index (κ3) is 4.30. The minimum absolute atomic E-state index is 0.0912. The number of nitrogens with zero attached hydrogens (tertiary/aromatic N) is 3. The van der Waals surface area contributed by atoms with Crippen molar-refractivity contribution in [3.8, 4) is 11.5 Å². The normalized spacial score (nSPS) is 17.3. The van der Waals surface area contributed by atoms with Gasteiger partial charge in [-0.1, -0.05) is 54.6 Å². The number of hydrogen-bond acceptors (Lipinski definition) is 5. The molecule has 1 aromatic heterocycles. The zero-order valence-electron chi connectivity index (χ0n) is 18.0. The topological polar surface area (TPSA) is 61.2 Å². The van der Waals surface area contributed by atoms with Crippen LogP contribution in [-0.2, 0) is 6.61 Å². The van der Waals surface area contributed by atoms with Gasteiger partial charge in [0.15, 0.2) is 0 Å². The van der Waals surface area contributed by atoms with E-state index in [4.69, 9.17) is 9.47 Å². The van der Waals surface area contributed by atoms with Crippen LogP contribution in [0.25, 0.3) is 0 Å². The fourth-order valence-corrected chi connectivity index (χ4v) is 4.11. The quantitative estimate of drug-likeness (QED) is 0.429. The Morgan fingerprint density at radius 1 is 0.875 bits per heavy atom. The molecule has 0 bridgehead atoms. The molecular weight excluding hydrogens is 400 g/mol. The van der Waals surface area contributed by atoms with Crippen LogP contribution >= 0.6 is 0 Å². The van der Waals surface area contributed by atoms with Crippen molar-refractivity contribution < 1.29 is 9.47 Å². The van der Waals surface area contributed by atoms with Gasteiger partial charge in [-0.2, -0.15) is 10.1 Å². The van der Waals surface area contributed by atoms with E-state index < -0.39 is 0 Å². The van der Waals surface area contributed by atoms with E-state index in [1.165, 1.54) is 11.1 Å². The number of fused-ring (bicyclic) bond motifs is 1. The van der Waals surface area contributed by atoms with Crippen LogP contribution in [0.2, 0.25) is 0 Å². The van der Waals surface area contributed by atoms with Gasteiger partial charge in [0.1, 0.15) is 24.4 Å². The van der Waals surface area contributed by atoms with Crippen molar-refractivity contribution in [1.29, 1.82) is 0 Å². The summed E-state index contributed by atoms with van der Waals surface area (Å²) in [4.78, 5) is 4.43. The first kappa shape index (κ1) is 20.1. The highest BCUT2D eigenvalue weighted by Crippen LogP contribution is 2.38. The van der Waals surface area contributed by atoms with Crippen LogP contribution in [-0.4, -0.2) is 21.4 Å². The van der Waals surface area contributed by atoms with Crippen molar-refractivity contribution in [3.63, 3.8) is 0 Å². The predicted molar refractivity (Wildman–Crippen MR) is 124 cm³/mol. The molecule has 0 amide bonds. The minimum Gasteiger partial charge on any atom is -0.494 e. The molecule has 4 aromatic rings. The summed E-state index contributed by atoms with van der Waals surface area (Å²) in [5.74, 6) is 2.52. The predicted octanol–water partition coefficient (Wildman–Crippen LogP) is 5.40. The Labute approximate surface area is 187 Å². The number of anilines is 1. The van der Waals surface area contributed by atoms with Gasteiger partial charge < -0.3 is 14.8 Å². The molecular formula is C26H26N4O2. The van der Waals surface area contributed by atoms with Crippen LogP contribution in [0.1, 0.15) is 42.1 Å². The summed E-state index contributed by atoms with van der Waals surface area (Å²) in [5, 5.41) is 7.99. The minimum atomic E-state index is 0.0912. The molecule has 162 valence electrons. The number of hydrogen-bond donors (Lipinski definition) is 1. The maximum atomic E-state index is 5.95. The first-order chi connectivity index (χ1) is 15.8. The number of benzene rings is 3. The van der Waals surface area contributed by atoms with Gasteiger partial charge in [-0.3, -0.25) is 0 Å². The fourth-order valence-electron chi connectivity index (χ4n) is 4.11. The third-order valence-corrected chi connectivity index (χ3v) is 5.74. The zero-order valence-corrected chi connectivity index (χ0v) is 18.0. The van der Waals surface area contributed by atoms with Crippen molar-refractivity contribution >= 4 is 5.95 Å². The van der Waals surface area contributed by atoms with Crippen LogP contribution in [0.15, 0.2) is 85.2 Å². The van der Waals surface area contributed by atoms with Gasteiger partial charge in [0.2, 0.25) is 5.95 Å². The maximum Gasteiger partial charge on any atom is 0.222 e. The summed E-state index contributed by atoms with van der Waals surface area (Å²) >= 11 is 0. The molecule has 6 nitrogen and oxygen atoms in total. The first-order valence-corrected chi connectivity index (χ1v) is 11.0. The Morgan fingerprint density at radius 3 is 2.28 bits per heavy atom. The lowest BCUT2D eigenvalue weighted by Gasteiger charge is -2.32. The number of rotatable bonds is 7. The second-order valence-electron chi connectivity index (χ2n) is 7.82. The highest BCUT2D eigenvalue weighted by atomic mass is 16.5. The van der Waals surface area contributed by atoms with Crippen LogP contribution in [0, 0.1) is 0 Å². The molecule has 32 heavy (non-hydrogen) atoms. The van der Waals surface area contributed by atoms with E-state index in [9.17, 15) is 0 Å². The summed E-state index contributed by atoms with van der Waals surface area (Å²) in [6.07, 6.45) is 2.47. The second kappa shape index (κ2) is 9.14. The lowest BCUT2D eigenvalue weighted by Crippen LogP contribution is -2.28. The highest BCUT2D eigenvalue weighted by Gasteiger charge is 2.29. The summed E-state index contributed by atoms with van der Waals surface area (Å²) in [6.45, 7) is 3.21. The van der Waals surface area contributed by atoms with Crippen molar-refractivity contribution in [2.75, 3.05) is 11.9 Å². The molecule has 0 aliphatic carbocycles. The molecule has 0 spiro atoms. The van der Waals surface area contributed by atoms with E-state index >= 15 is 0 Å². The van der Waals surface area contributed by atoms with Crippen molar-refractivity contribution in [2.24, 2.45) is 0 Å². The zero-order chi connectivity index (χ0) is 21.8. The molecule has 2 heterocycles. The highest BCUT2D eigenvalue weighted by molar-refractivity contribution is 5.40. The molecule has 1 N–H and O–H groups in total. The Balaban J connectivity index is 1.33. The Morgan fingerprint density at radius 2 is 1.56 bits per heavy atom. The average molecular weight is 427 g/mol. The van der Waals surface area contributed by atoms with E-state index in [2.05, 4.69) is 51.8 Å². The summed E-state index contributed by atoms with van der Waals surface area (Å²) < 4.78 is 13.5. The number of ether oxygens (including phenoxy) is 2. The Bertz CT molecular complexity index is 1140. The van der Waals surface area contributed by atoms with Gasteiger partial charge >= 0.3 is 0 Å². The molecule has 0 radical (unpaired) electrons. The largest absolute Gasteiger partial charge is 0.494 e. The summed E-state index contributed by atoms with van der Waals surface area (Å²) in [6, 6.07) is 27.0. The lowest BCUT2D eigenvalue weighted by atomic mass is 9.93. The number of nitrogens with one attached hydrogen (secondary N) is 1. The molecule has 1 aliphatic heterocycles. The average Bonchev–Trinajstić information content (AvgIpc) is 3.33. The van der Waals surface area contributed by atoms with Crippen molar-refractivity contribution in [3.05, 3.63) is 102 Å². The summed E-state index contributed by atoms with van der Waals surface area (Å²) in [5.41, 5.74) is 3.54. The van der Waals surface area contributed by atoms with Gasteiger partial charge in [-0.25, -0.2) is 4.68 Å². The number of aromatic nitrogens is 3. The van der Waals surface area contributed by atoms with Gasteiger partial charge in [-0.05, 0) is 54.3 Å². The molecule has 0 saturated carbocycles. The Hall–Kier alpha value is -3.80. The smallest absolute Gasteiger partial charge is 0.222 e. The second-order valence-corrected chi connectivity index (χ2v) is 7.82. The van der Waals surface area contributed by atoms with Gasteiger partial charge in [-0.15, -0.1) is 0 Å². The monoisotopic (exact) mass is 426 g/mol. The molecule has 0 saturated heterocycles. The van der Waals surface area contributed by atoms with Crippen LogP contribution in [0.3, 0.4) is 0 Å². The maximum absolute atomic E-state index is 5.95. The van der Waals surface area contributed by atoms with E-state index in [0.29, 0.717) is 13.2 Å². The van der Waals surface area contributed by atoms with Crippen LogP contribution in [0.4, 0.5) is 5.95 Å². The molecule has 2 atom stereocenters. The molecule has 3 aromatic carbocycles. The molecule has 1 aliphatic rings. The molecule has 6 heteroatoms. The van der Waals surface area contributed by atoms with Crippen LogP contribution in [0.5, 0.6) is 11.5 Å². The fraction of sp³-hybridized carbons (Fsp3) is 0.231. The van der Waals surface area contributed by atoms with E-state index in [0.717, 1.165) is 29.4 Å². The lowest BCUT2D eigenvalue weighted by molar-refractivity contribution is 0.306. The SMILES string of the molecule is CCOc1ccc([C@H]2C[C@H](c3ccc(OCc4ccccc4)cc3)n3ncnc3N2)cc1. The van der Waals surface area contributed by atoms with Crippen molar-refractivity contribution in [1.82, 2.24) is 14.8 Å². The van der Waals surface area contributed by atoms with E-state index in [1.54, 1.807) is 6.33 Å². The van der Waals surface area contributed by atoms with Crippen molar-refractivity contribution in [2.45, 2.75) is 32.0 Å². The van der Waals surface area contributed by atoms with Gasteiger partial charge in [0.05, 0.1) is 18.7 Å². The van der Waals surface area contributed by atoms with E-state index in [1.807, 2.05) is 54.1 Å². The molecule has 5 rings (SSSR count). The van der Waals surface area contributed by atoms with Gasteiger partial charge in [0.25, 0.3) is 0 Å². The molecule has 0 unspecified atom stereocenters. The first-order valence-electron chi connectivity index (χ1n) is 11.0. The summed E-state index contributed by atoms with van der Waals surface area (Å²) in [7, 11) is 0. The molecule has 0 fully saturated rings. The van der Waals surface area contributed by atoms with Crippen LogP contribution < -0.4 is 14.8 Å². The van der Waals surface area contributed by atoms with Gasteiger partial charge in [0, 0.05) is 0 Å². The third-order valence-electron chi connectivity index (χ3n) is 5.74. The van der Waals surface area contributed by atoms with E-state index in [-0.39, 0.29) is 12.1 Å². The standard InChI is InChI=1S/C26H26N4O2/c1-2-31-22-12-8-20(9-13-22)24-16-25(30-26(29-24)27-18-28-30)21-10-14-23(15-11-21)32-17-19-6-4-3-5-7-19/h3-15,18,24-25H,2,16-17H2,1H3,(H,27,28,29)/t24-,25-/m1/s1. The Kier molecular flexibility index (Phi) is 5.75.